The Kier molecular flexibility index (Phi) is 9.83. The van der Waals surface area contributed by atoms with Crippen LogP contribution in [0.25, 0.3) is 5.69 Å². The van der Waals surface area contributed by atoms with Gasteiger partial charge in [-0.3, -0.25) is 4.79 Å². The van der Waals surface area contributed by atoms with Gasteiger partial charge >= 0.3 is 0 Å². The summed E-state index contributed by atoms with van der Waals surface area (Å²) in [7, 11) is 1.66. The molecule has 1 saturated heterocycles. The molecule has 0 bridgehead atoms. The maximum absolute atomic E-state index is 14.0. The molecule has 1 saturated carbocycles. The van der Waals surface area contributed by atoms with E-state index in [2.05, 4.69) is 38.0 Å². The number of aromatic nitrogens is 4. The summed E-state index contributed by atoms with van der Waals surface area (Å²) in [6, 6.07) is 18.1. The number of ether oxygens (including phenoxy) is 3. The van der Waals surface area contributed by atoms with E-state index in [9.17, 15) is 4.79 Å². The van der Waals surface area contributed by atoms with E-state index in [1.807, 2.05) is 65.7 Å². The van der Waals surface area contributed by atoms with Crippen molar-refractivity contribution in [2.24, 2.45) is 11.8 Å². The molecule has 8 heteroatoms. The maximum Gasteiger partial charge on any atom is 0.220 e. The van der Waals surface area contributed by atoms with Gasteiger partial charge in [0.25, 0.3) is 0 Å². The predicted molar refractivity (Wildman–Crippen MR) is 178 cm³/mol. The molecular formula is C38H46N4O4. The number of ketones is 1. The summed E-state index contributed by atoms with van der Waals surface area (Å²) >= 11 is 0. The lowest BCUT2D eigenvalue weighted by Gasteiger charge is -2.33. The molecule has 2 aromatic heterocycles. The zero-order chi connectivity index (χ0) is 32.1. The van der Waals surface area contributed by atoms with Crippen molar-refractivity contribution >= 4 is 5.78 Å². The van der Waals surface area contributed by atoms with E-state index in [4.69, 9.17) is 24.2 Å². The number of carbonyl (C=O) groups excluding carboxylic acids is 1. The first-order valence-corrected chi connectivity index (χ1v) is 16.6. The Morgan fingerprint density at radius 3 is 2.39 bits per heavy atom. The van der Waals surface area contributed by atoms with Gasteiger partial charge in [-0.2, -0.15) is 10.1 Å². The first kappa shape index (κ1) is 31.9. The highest BCUT2D eigenvalue weighted by Gasteiger charge is 2.34. The summed E-state index contributed by atoms with van der Waals surface area (Å²) in [5.41, 5.74) is 4.05. The van der Waals surface area contributed by atoms with E-state index in [0.29, 0.717) is 37.2 Å². The lowest BCUT2D eigenvalue weighted by atomic mass is 9.71. The third kappa shape index (κ3) is 7.66. The van der Waals surface area contributed by atoms with Crippen LogP contribution in [0.5, 0.6) is 11.6 Å². The Bertz CT molecular complexity index is 1580. The lowest BCUT2D eigenvalue weighted by Crippen LogP contribution is -2.39. The van der Waals surface area contributed by atoms with Crippen molar-refractivity contribution in [3.05, 3.63) is 95.7 Å². The van der Waals surface area contributed by atoms with Crippen molar-refractivity contribution in [1.29, 1.82) is 0 Å². The molecule has 242 valence electrons. The molecule has 1 aliphatic heterocycles. The fraction of sp³-hybridized carbons (Fsp3) is 0.474. The van der Waals surface area contributed by atoms with Crippen LogP contribution in [0.4, 0.5) is 0 Å². The van der Waals surface area contributed by atoms with Crippen LogP contribution < -0.4 is 9.47 Å². The molecule has 4 aromatic rings. The van der Waals surface area contributed by atoms with Crippen LogP contribution in [0.2, 0.25) is 0 Å². The molecule has 2 aromatic carbocycles. The second-order valence-electron chi connectivity index (χ2n) is 13.9. The highest BCUT2D eigenvalue weighted by atomic mass is 16.6. The van der Waals surface area contributed by atoms with E-state index in [1.165, 1.54) is 5.56 Å². The molecule has 8 nitrogen and oxygen atoms in total. The number of hydrogen-bond donors (Lipinski definition) is 0. The highest BCUT2D eigenvalue weighted by molar-refractivity contribution is 5.86. The van der Waals surface area contributed by atoms with Crippen molar-refractivity contribution < 1.29 is 19.0 Å². The van der Waals surface area contributed by atoms with E-state index < -0.39 is 0 Å². The quantitative estimate of drug-likeness (QED) is 0.167. The number of methoxy groups -OCH3 is 1. The fourth-order valence-corrected chi connectivity index (χ4v) is 6.69. The number of carbonyl (C=O) groups is 1. The fourth-order valence-electron chi connectivity index (χ4n) is 6.69. The van der Waals surface area contributed by atoms with Gasteiger partial charge in [-0.25, -0.2) is 9.67 Å². The van der Waals surface area contributed by atoms with Crippen LogP contribution in [0, 0.1) is 11.8 Å². The van der Waals surface area contributed by atoms with E-state index in [1.54, 1.807) is 7.11 Å². The Labute approximate surface area is 272 Å². The Balaban J connectivity index is 1.16. The Hall–Kier alpha value is -4.04. The third-order valence-corrected chi connectivity index (χ3v) is 9.48. The van der Waals surface area contributed by atoms with Gasteiger partial charge in [0.2, 0.25) is 5.88 Å². The monoisotopic (exact) mass is 622 g/mol. The van der Waals surface area contributed by atoms with Crippen molar-refractivity contribution in [1.82, 2.24) is 19.7 Å². The van der Waals surface area contributed by atoms with Crippen molar-refractivity contribution in [2.75, 3.05) is 20.3 Å². The molecule has 0 radical (unpaired) electrons. The van der Waals surface area contributed by atoms with Gasteiger partial charge in [-0.1, -0.05) is 51.1 Å². The molecule has 3 heterocycles. The number of hydrogen-bond acceptors (Lipinski definition) is 7. The molecule has 1 atom stereocenters. The van der Waals surface area contributed by atoms with Gasteiger partial charge in [0.15, 0.2) is 0 Å². The molecule has 0 spiro atoms. The van der Waals surface area contributed by atoms with Gasteiger partial charge in [-0.05, 0) is 79.2 Å². The summed E-state index contributed by atoms with van der Waals surface area (Å²) in [4.78, 5) is 23.7. The first-order valence-electron chi connectivity index (χ1n) is 16.6. The van der Waals surface area contributed by atoms with E-state index in [0.717, 1.165) is 66.9 Å². The van der Waals surface area contributed by atoms with Gasteiger partial charge in [0.05, 0.1) is 32.2 Å². The van der Waals surface area contributed by atoms with Gasteiger partial charge < -0.3 is 14.2 Å². The number of nitrogens with zero attached hydrogens (tertiary/aromatic N) is 4. The van der Waals surface area contributed by atoms with Crippen LogP contribution in [-0.4, -0.2) is 52.0 Å². The summed E-state index contributed by atoms with van der Waals surface area (Å²) < 4.78 is 18.8. The predicted octanol–water partition coefficient (Wildman–Crippen LogP) is 7.08. The van der Waals surface area contributed by atoms with Gasteiger partial charge in [0, 0.05) is 42.3 Å². The maximum atomic E-state index is 14.0. The lowest BCUT2D eigenvalue weighted by molar-refractivity contribution is -0.122. The average Bonchev–Trinajstić information content (AvgIpc) is 3.52. The number of aryl methyl sites for hydroxylation is 1. The minimum absolute atomic E-state index is 0.0599. The molecule has 1 unspecified atom stereocenters. The van der Waals surface area contributed by atoms with Crippen LogP contribution in [-0.2, 0) is 27.8 Å². The number of benzene rings is 2. The molecular weight excluding hydrogens is 576 g/mol. The zero-order valence-electron chi connectivity index (χ0n) is 27.5. The standard InChI is InChI=1S/C38H46N4O4/c1-38(2,3)33-22-39-35(41-37(33)46-32-24-45-25-32)20-27-10-13-28(14-11-27)36(34(43)19-12-26-8-6-5-7-9-26)29-21-40-42(23-29)30-15-17-31(44-4)18-16-30/h5-9,15-18,21-23,27-28,32,36H,10-14,19-20,24-25H2,1-4H3. The summed E-state index contributed by atoms with van der Waals surface area (Å²) in [6.07, 6.45) is 12.1. The molecule has 1 aliphatic carbocycles. The minimum Gasteiger partial charge on any atom is -0.497 e. The van der Waals surface area contributed by atoms with Crippen LogP contribution in [0.15, 0.2) is 73.2 Å². The largest absolute Gasteiger partial charge is 0.497 e. The molecule has 2 aliphatic rings. The first-order chi connectivity index (χ1) is 22.3. The number of Topliss-reactive ketones (excluding diaryl/α,β-unsaturated/α-hetero) is 1. The normalized spacial score (nSPS) is 19.3. The molecule has 0 amide bonds. The molecule has 0 N–H and O–H groups in total. The SMILES string of the molecule is COc1ccc(-n2cc(C(C(=O)CCc3ccccc3)C3CCC(Cc4ncc(C(C)(C)C)c(OC5COC5)n4)CC3)cn2)cc1. The third-order valence-electron chi connectivity index (χ3n) is 9.48. The second-order valence-corrected chi connectivity index (χ2v) is 13.9. The van der Waals surface area contributed by atoms with Crippen LogP contribution >= 0.6 is 0 Å². The smallest absolute Gasteiger partial charge is 0.220 e. The molecule has 46 heavy (non-hydrogen) atoms. The molecule has 6 rings (SSSR count). The van der Waals surface area contributed by atoms with E-state index in [-0.39, 0.29) is 23.4 Å². The zero-order valence-corrected chi connectivity index (χ0v) is 27.5. The van der Waals surface area contributed by atoms with Crippen LogP contribution in [0.1, 0.15) is 81.3 Å². The van der Waals surface area contributed by atoms with Crippen LogP contribution in [0.3, 0.4) is 0 Å². The Morgan fingerprint density at radius 2 is 1.74 bits per heavy atom. The average molecular weight is 623 g/mol. The molecule has 2 fully saturated rings. The topological polar surface area (TPSA) is 88.4 Å². The van der Waals surface area contributed by atoms with Gasteiger partial charge in [0.1, 0.15) is 23.5 Å². The van der Waals surface area contributed by atoms with Crippen molar-refractivity contribution in [3.63, 3.8) is 0 Å². The highest BCUT2D eigenvalue weighted by Crippen LogP contribution is 2.41. The second kappa shape index (κ2) is 14.2. The van der Waals surface area contributed by atoms with E-state index >= 15 is 0 Å². The minimum atomic E-state index is -0.177. The summed E-state index contributed by atoms with van der Waals surface area (Å²) in [6.45, 7) is 7.70. The summed E-state index contributed by atoms with van der Waals surface area (Å²) in [5.74, 6) is 3.19. The Morgan fingerprint density at radius 1 is 1.00 bits per heavy atom. The van der Waals surface area contributed by atoms with Crippen molar-refractivity contribution in [2.45, 2.75) is 83.2 Å². The van der Waals surface area contributed by atoms with Gasteiger partial charge in [-0.15, -0.1) is 0 Å². The van der Waals surface area contributed by atoms with Crippen molar-refractivity contribution in [3.8, 4) is 17.3 Å². The number of rotatable bonds is 12. The summed E-state index contributed by atoms with van der Waals surface area (Å²) in [5, 5.41) is 4.68.